The van der Waals surface area contributed by atoms with Crippen molar-refractivity contribution in [2.75, 3.05) is 18.5 Å². The van der Waals surface area contributed by atoms with E-state index >= 15 is 0 Å². The van der Waals surface area contributed by atoms with Gasteiger partial charge in [-0.05, 0) is 43.4 Å². The largest absolute Gasteiger partial charge is 0.393 e. The lowest BCUT2D eigenvalue weighted by atomic mass is 9.82. The number of rotatable bonds is 4. The summed E-state index contributed by atoms with van der Waals surface area (Å²) in [5, 5.41) is 18.8. The molecule has 1 aliphatic carbocycles. The predicted octanol–water partition coefficient (Wildman–Crippen LogP) is 1.34. The third kappa shape index (κ3) is 2.96. The minimum absolute atomic E-state index is 0.106. The molecular formula is C13H20N2O2. The first kappa shape index (κ1) is 12.3. The van der Waals surface area contributed by atoms with E-state index < -0.39 is 6.10 Å². The minimum atomic E-state index is -0.462. The number of aliphatic hydroxyl groups excluding tert-OH is 2. The minimum Gasteiger partial charge on any atom is -0.393 e. The summed E-state index contributed by atoms with van der Waals surface area (Å²) in [5.74, 6) is 1.44. The highest BCUT2D eigenvalue weighted by Crippen LogP contribution is 2.29. The van der Waals surface area contributed by atoms with E-state index in [0.717, 1.165) is 30.8 Å². The quantitative estimate of drug-likeness (QED) is 0.828. The Balaban J connectivity index is 1.98. The molecule has 1 aromatic rings. The average Bonchev–Trinajstić information content (AvgIpc) is 2.27. The molecule has 1 heterocycles. The second kappa shape index (κ2) is 5.02. The van der Waals surface area contributed by atoms with E-state index in [0.29, 0.717) is 5.92 Å². The van der Waals surface area contributed by atoms with E-state index in [9.17, 15) is 10.2 Å². The summed E-state index contributed by atoms with van der Waals surface area (Å²) in [5.41, 5.74) is 0.885. The lowest BCUT2D eigenvalue weighted by molar-refractivity contribution is 0.0464. The van der Waals surface area contributed by atoms with E-state index in [4.69, 9.17) is 0 Å². The molecular weight excluding hydrogens is 216 g/mol. The number of hydrogen-bond acceptors (Lipinski definition) is 4. The Kier molecular flexibility index (Phi) is 3.64. The van der Waals surface area contributed by atoms with Gasteiger partial charge in [-0.1, -0.05) is 0 Å². The summed E-state index contributed by atoms with van der Waals surface area (Å²) in [6, 6.07) is 3.74. The summed E-state index contributed by atoms with van der Waals surface area (Å²) in [7, 11) is 2.00. The van der Waals surface area contributed by atoms with Crippen LogP contribution in [0.1, 0.15) is 31.4 Å². The molecule has 4 nitrogen and oxygen atoms in total. The van der Waals surface area contributed by atoms with Crippen molar-refractivity contribution in [3.8, 4) is 0 Å². The van der Waals surface area contributed by atoms with Crippen molar-refractivity contribution in [2.24, 2.45) is 5.92 Å². The molecule has 17 heavy (non-hydrogen) atoms. The molecule has 1 aliphatic rings. The average molecular weight is 236 g/mol. The van der Waals surface area contributed by atoms with E-state index in [1.807, 2.05) is 19.2 Å². The third-order valence-corrected chi connectivity index (χ3v) is 3.39. The molecule has 1 saturated carbocycles. The van der Waals surface area contributed by atoms with Crippen molar-refractivity contribution in [3.05, 3.63) is 23.9 Å². The summed E-state index contributed by atoms with van der Waals surface area (Å²) in [6.45, 7) is 2.66. The van der Waals surface area contributed by atoms with Crippen LogP contribution >= 0.6 is 0 Å². The van der Waals surface area contributed by atoms with E-state index in [1.54, 1.807) is 13.1 Å². The lowest BCUT2D eigenvalue weighted by Crippen LogP contribution is -2.37. The highest BCUT2D eigenvalue weighted by Gasteiger charge is 2.28. The van der Waals surface area contributed by atoms with E-state index in [1.165, 1.54) is 0 Å². The molecule has 0 amide bonds. The zero-order valence-electron chi connectivity index (χ0n) is 10.4. The Labute approximate surface area is 102 Å². The van der Waals surface area contributed by atoms with Crippen molar-refractivity contribution >= 4 is 5.82 Å². The molecule has 1 aromatic heterocycles. The Bertz CT molecular complexity index is 375. The number of aliphatic hydroxyl groups is 2. The SMILES string of the molecule is C[C@@H](O)c1ccnc(N(C)CC2CC(O)C2)c1. The fourth-order valence-corrected chi connectivity index (χ4v) is 2.23. The molecule has 0 radical (unpaired) electrons. The second-order valence-corrected chi connectivity index (χ2v) is 5.00. The summed E-state index contributed by atoms with van der Waals surface area (Å²) >= 11 is 0. The molecule has 4 heteroatoms. The monoisotopic (exact) mass is 236 g/mol. The van der Waals surface area contributed by atoms with E-state index in [2.05, 4.69) is 9.88 Å². The Morgan fingerprint density at radius 3 is 2.82 bits per heavy atom. The van der Waals surface area contributed by atoms with Crippen molar-refractivity contribution in [2.45, 2.75) is 32.0 Å². The van der Waals surface area contributed by atoms with Crippen molar-refractivity contribution in [1.29, 1.82) is 0 Å². The highest BCUT2D eigenvalue weighted by atomic mass is 16.3. The van der Waals surface area contributed by atoms with Gasteiger partial charge in [0.2, 0.25) is 0 Å². The number of aromatic nitrogens is 1. The van der Waals surface area contributed by atoms with Gasteiger partial charge in [0.15, 0.2) is 0 Å². The zero-order valence-corrected chi connectivity index (χ0v) is 10.4. The first-order valence-corrected chi connectivity index (χ1v) is 6.09. The molecule has 0 unspecified atom stereocenters. The molecule has 2 rings (SSSR count). The standard InChI is InChI=1S/C13H20N2O2/c1-9(16)11-3-4-14-13(7-11)15(2)8-10-5-12(17)6-10/h3-4,7,9-10,12,16-17H,5-6,8H2,1-2H3/t9-,10?,12?/m1/s1. The zero-order chi connectivity index (χ0) is 12.4. The molecule has 0 aliphatic heterocycles. The first-order chi connectivity index (χ1) is 8.06. The van der Waals surface area contributed by atoms with Gasteiger partial charge in [0.1, 0.15) is 5.82 Å². The number of hydrogen-bond donors (Lipinski definition) is 2. The van der Waals surface area contributed by atoms with Crippen LogP contribution in [0.15, 0.2) is 18.3 Å². The van der Waals surface area contributed by atoms with Crippen LogP contribution in [-0.2, 0) is 0 Å². The van der Waals surface area contributed by atoms with Gasteiger partial charge in [0, 0.05) is 19.8 Å². The van der Waals surface area contributed by atoms with Crippen LogP contribution in [0.25, 0.3) is 0 Å². The fraction of sp³-hybridized carbons (Fsp3) is 0.615. The molecule has 1 fully saturated rings. The van der Waals surface area contributed by atoms with Gasteiger partial charge in [-0.25, -0.2) is 4.98 Å². The summed E-state index contributed by atoms with van der Waals surface area (Å²) < 4.78 is 0. The van der Waals surface area contributed by atoms with Gasteiger partial charge >= 0.3 is 0 Å². The summed E-state index contributed by atoms with van der Waals surface area (Å²) in [6.07, 6.45) is 2.94. The normalized spacial score (nSPS) is 25.2. The maximum Gasteiger partial charge on any atom is 0.128 e. The van der Waals surface area contributed by atoms with Crippen LogP contribution in [0, 0.1) is 5.92 Å². The van der Waals surface area contributed by atoms with Crippen LogP contribution in [0.5, 0.6) is 0 Å². The van der Waals surface area contributed by atoms with Crippen molar-refractivity contribution < 1.29 is 10.2 Å². The number of anilines is 1. The second-order valence-electron chi connectivity index (χ2n) is 5.00. The summed E-state index contributed by atoms with van der Waals surface area (Å²) in [4.78, 5) is 6.39. The van der Waals surface area contributed by atoms with Crippen LogP contribution < -0.4 is 4.90 Å². The fourth-order valence-electron chi connectivity index (χ4n) is 2.23. The van der Waals surface area contributed by atoms with Gasteiger partial charge in [-0.3, -0.25) is 0 Å². The lowest BCUT2D eigenvalue weighted by Gasteiger charge is -2.34. The molecule has 0 saturated heterocycles. The van der Waals surface area contributed by atoms with Crippen LogP contribution in [0.4, 0.5) is 5.82 Å². The maximum atomic E-state index is 9.52. The molecule has 94 valence electrons. The first-order valence-electron chi connectivity index (χ1n) is 6.09. The van der Waals surface area contributed by atoms with Crippen LogP contribution in [-0.4, -0.2) is 34.9 Å². The number of pyridine rings is 1. The molecule has 0 spiro atoms. The Morgan fingerprint density at radius 2 is 2.24 bits per heavy atom. The van der Waals surface area contributed by atoms with Crippen LogP contribution in [0.3, 0.4) is 0 Å². The molecule has 2 N–H and O–H groups in total. The molecule has 0 bridgehead atoms. The highest BCUT2D eigenvalue weighted by molar-refractivity contribution is 5.40. The number of nitrogens with zero attached hydrogens (tertiary/aromatic N) is 2. The van der Waals surface area contributed by atoms with Gasteiger partial charge < -0.3 is 15.1 Å². The van der Waals surface area contributed by atoms with Crippen molar-refractivity contribution in [3.63, 3.8) is 0 Å². The van der Waals surface area contributed by atoms with Gasteiger partial charge in [-0.2, -0.15) is 0 Å². The van der Waals surface area contributed by atoms with Gasteiger partial charge in [-0.15, -0.1) is 0 Å². The topological polar surface area (TPSA) is 56.6 Å². The van der Waals surface area contributed by atoms with Gasteiger partial charge in [0.25, 0.3) is 0 Å². The molecule has 1 atom stereocenters. The smallest absolute Gasteiger partial charge is 0.128 e. The maximum absolute atomic E-state index is 9.52. The van der Waals surface area contributed by atoms with Gasteiger partial charge in [0.05, 0.1) is 12.2 Å². The Morgan fingerprint density at radius 1 is 1.53 bits per heavy atom. The molecule has 0 aromatic carbocycles. The van der Waals surface area contributed by atoms with Crippen LogP contribution in [0.2, 0.25) is 0 Å². The predicted molar refractivity (Wildman–Crippen MR) is 66.9 cm³/mol. The van der Waals surface area contributed by atoms with Crippen molar-refractivity contribution in [1.82, 2.24) is 4.98 Å². The van der Waals surface area contributed by atoms with E-state index in [-0.39, 0.29) is 6.10 Å². The third-order valence-electron chi connectivity index (χ3n) is 3.39. The Hall–Kier alpha value is -1.13.